The highest BCUT2D eigenvalue weighted by Crippen LogP contribution is 2.45. The molecule has 38 heavy (non-hydrogen) atoms. The molecular weight excluding hydrogens is 490 g/mol. The minimum atomic E-state index is -0.0790. The van der Waals surface area contributed by atoms with Gasteiger partial charge < -0.3 is 20.1 Å². The molecule has 2 atom stereocenters. The molecule has 3 aromatic rings. The fourth-order valence-electron chi connectivity index (χ4n) is 6.17. The number of hydrogen-bond donors (Lipinski definition) is 2. The van der Waals surface area contributed by atoms with Crippen molar-refractivity contribution >= 4 is 34.6 Å². The van der Waals surface area contributed by atoms with Crippen LogP contribution in [0.4, 0.5) is 11.4 Å². The van der Waals surface area contributed by atoms with Crippen LogP contribution in [-0.4, -0.2) is 20.6 Å². The number of nitrogens with zero attached hydrogens (tertiary/aromatic N) is 3. The van der Waals surface area contributed by atoms with Crippen LogP contribution in [-0.2, 0) is 4.79 Å². The summed E-state index contributed by atoms with van der Waals surface area (Å²) in [5.74, 6) is -0.0604. The predicted octanol–water partition coefficient (Wildman–Crippen LogP) is 7.09. The topological polar surface area (TPSA) is 62.2 Å². The van der Waals surface area contributed by atoms with Gasteiger partial charge in [0.25, 0.3) is 0 Å². The van der Waals surface area contributed by atoms with Gasteiger partial charge in [-0.05, 0) is 93.4 Å². The van der Waals surface area contributed by atoms with E-state index >= 15 is 0 Å². The van der Waals surface area contributed by atoms with Crippen LogP contribution in [0.25, 0.3) is 0 Å². The van der Waals surface area contributed by atoms with E-state index in [1.165, 1.54) is 49.1 Å². The van der Waals surface area contributed by atoms with Gasteiger partial charge in [0.2, 0.25) is 5.91 Å². The molecule has 2 fully saturated rings. The van der Waals surface area contributed by atoms with Crippen molar-refractivity contribution in [2.24, 2.45) is 5.92 Å². The first-order valence-electron chi connectivity index (χ1n) is 13.9. The number of amides is 1. The maximum Gasteiger partial charge on any atom is 0.226 e. The first-order valence-corrected chi connectivity index (χ1v) is 14.3. The molecule has 0 spiro atoms. The van der Waals surface area contributed by atoms with E-state index < -0.39 is 0 Å². The predicted molar refractivity (Wildman–Crippen MR) is 159 cm³/mol. The van der Waals surface area contributed by atoms with Gasteiger partial charge in [-0.2, -0.15) is 0 Å². The van der Waals surface area contributed by atoms with Crippen LogP contribution in [0.2, 0.25) is 0 Å². The number of benzene rings is 1. The van der Waals surface area contributed by atoms with Gasteiger partial charge in [0.05, 0.1) is 17.8 Å². The van der Waals surface area contributed by atoms with Crippen LogP contribution in [0, 0.1) is 26.7 Å². The SMILES string of the molecule is Cc1cc(N2C(=S)N[C@H](c3ccccn3)[C@@H]2c2cc(C)n(C3CCCCC3)c2C)ccc1NC(=O)C(C)C. The van der Waals surface area contributed by atoms with Gasteiger partial charge in [-0.1, -0.05) is 39.2 Å². The van der Waals surface area contributed by atoms with Gasteiger partial charge in [0.1, 0.15) is 0 Å². The van der Waals surface area contributed by atoms with Crippen molar-refractivity contribution in [2.45, 2.75) is 84.8 Å². The number of aromatic nitrogens is 2. The Hall–Kier alpha value is -3.19. The van der Waals surface area contributed by atoms with Crippen molar-refractivity contribution in [3.8, 4) is 0 Å². The quantitative estimate of drug-likeness (QED) is 0.334. The molecule has 0 bridgehead atoms. The van der Waals surface area contributed by atoms with E-state index in [9.17, 15) is 4.79 Å². The average Bonchev–Trinajstić information content (AvgIpc) is 3.41. The van der Waals surface area contributed by atoms with Gasteiger partial charge in [0, 0.05) is 40.9 Å². The molecule has 200 valence electrons. The van der Waals surface area contributed by atoms with Crippen molar-refractivity contribution < 1.29 is 4.79 Å². The Morgan fingerprint density at radius 3 is 2.50 bits per heavy atom. The Kier molecular flexibility index (Phi) is 7.57. The average molecular weight is 530 g/mol. The summed E-state index contributed by atoms with van der Waals surface area (Å²) in [4.78, 5) is 19.3. The van der Waals surface area contributed by atoms with E-state index in [1.807, 2.05) is 45.2 Å². The molecule has 2 aromatic heterocycles. The molecule has 0 radical (unpaired) electrons. The van der Waals surface area contributed by atoms with Gasteiger partial charge in [0.15, 0.2) is 5.11 Å². The molecule has 1 aliphatic carbocycles. The molecule has 1 saturated carbocycles. The summed E-state index contributed by atoms with van der Waals surface area (Å²) >= 11 is 5.98. The minimum absolute atomic E-state index is 0.0162. The van der Waals surface area contributed by atoms with Crippen molar-refractivity contribution in [1.29, 1.82) is 0 Å². The Morgan fingerprint density at radius 2 is 1.84 bits per heavy atom. The molecule has 5 rings (SSSR count). The van der Waals surface area contributed by atoms with E-state index in [-0.39, 0.29) is 23.9 Å². The Morgan fingerprint density at radius 1 is 1.08 bits per heavy atom. The van der Waals surface area contributed by atoms with Gasteiger partial charge in [-0.15, -0.1) is 0 Å². The maximum atomic E-state index is 12.3. The lowest BCUT2D eigenvalue weighted by atomic mass is 9.94. The van der Waals surface area contributed by atoms with Crippen LogP contribution >= 0.6 is 12.2 Å². The van der Waals surface area contributed by atoms with Crippen molar-refractivity contribution in [3.05, 3.63) is 76.9 Å². The van der Waals surface area contributed by atoms with E-state index in [4.69, 9.17) is 17.2 Å². The summed E-state index contributed by atoms with van der Waals surface area (Å²) in [5, 5.41) is 7.34. The van der Waals surface area contributed by atoms with Gasteiger partial charge in [-0.3, -0.25) is 9.78 Å². The molecule has 6 nitrogen and oxygen atoms in total. The minimum Gasteiger partial charge on any atom is -0.351 e. The van der Waals surface area contributed by atoms with Crippen LogP contribution in [0.1, 0.15) is 92.3 Å². The normalized spacial score (nSPS) is 20.2. The lowest BCUT2D eigenvalue weighted by molar-refractivity contribution is -0.118. The molecule has 1 saturated heterocycles. The standard InChI is InChI=1S/C31H39N5OS/c1-19(2)30(37)33-26-15-14-24(17-20(26)3)36-29(28(34-31(36)38)27-13-9-10-16-32-27)25-18-21(4)35(22(25)5)23-11-7-6-8-12-23/h9-10,13-19,23,28-29H,6-8,11-12H2,1-5H3,(H,33,37)(H,34,38)/t28-,29+/m1/s1. The number of anilines is 2. The molecule has 3 heterocycles. The molecular formula is C31H39N5OS. The molecule has 2 N–H and O–H groups in total. The summed E-state index contributed by atoms with van der Waals surface area (Å²) in [5.41, 5.74) is 7.73. The van der Waals surface area contributed by atoms with Crippen molar-refractivity contribution in [3.63, 3.8) is 0 Å². The van der Waals surface area contributed by atoms with Crippen molar-refractivity contribution in [2.75, 3.05) is 10.2 Å². The third-order valence-electron chi connectivity index (χ3n) is 8.15. The summed E-state index contributed by atoms with van der Waals surface area (Å²) in [7, 11) is 0. The van der Waals surface area contributed by atoms with Crippen LogP contribution < -0.4 is 15.5 Å². The smallest absolute Gasteiger partial charge is 0.226 e. The Balaban J connectivity index is 1.58. The number of rotatable bonds is 6. The monoisotopic (exact) mass is 529 g/mol. The van der Waals surface area contributed by atoms with E-state index in [0.29, 0.717) is 11.2 Å². The number of hydrogen-bond acceptors (Lipinski definition) is 3. The van der Waals surface area contributed by atoms with Gasteiger partial charge in [-0.25, -0.2) is 0 Å². The summed E-state index contributed by atoms with van der Waals surface area (Å²) in [6.07, 6.45) is 8.27. The van der Waals surface area contributed by atoms with Gasteiger partial charge >= 0.3 is 0 Å². The number of carbonyl (C=O) groups excluding carboxylic acids is 1. The van der Waals surface area contributed by atoms with Crippen LogP contribution in [0.5, 0.6) is 0 Å². The first-order chi connectivity index (χ1) is 18.3. The number of pyridine rings is 1. The number of nitrogens with one attached hydrogen (secondary N) is 2. The van der Waals surface area contributed by atoms with Crippen LogP contribution in [0.3, 0.4) is 0 Å². The molecule has 1 aromatic carbocycles. The van der Waals surface area contributed by atoms with E-state index in [0.717, 1.165) is 22.6 Å². The molecule has 7 heteroatoms. The lowest BCUT2D eigenvalue weighted by Crippen LogP contribution is -2.30. The van der Waals surface area contributed by atoms with E-state index in [2.05, 4.69) is 58.2 Å². The fourth-order valence-corrected chi connectivity index (χ4v) is 6.51. The highest BCUT2D eigenvalue weighted by atomic mass is 32.1. The second kappa shape index (κ2) is 10.9. The third kappa shape index (κ3) is 4.96. The zero-order chi connectivity index (χ0) is 27.0. The third-order valence-corrected chi connectivity index (χ3v) is 8.47. The summed E-state index contributed by atoms with van der Waals surface area (Å²) < 4.78 is 2.57. The molecule has 1 aliphatic heterocycles. The summed E-state index contributed by atoms with van der Waals surface area (Å²) in [6.45, 7) is 10.3. The summed E-state index contributed by atoms with van der Waals surface area (Å²) in [6, 6.07) is 15.0. The number of aryl methyl sites for hydroxylation is 2. The lowest BCUT2D eigenvalue weighted by Gasteiger charge is -2.30. The van der Waals surface area contributed by atoms with Crippen molar-refractivity contribution in [1.82, 2.24) is 14.9 Å². The fraction of sp³-hybridized carbons (Fsp3) is 0.452. The highest BCUT2D eigenvalue weighted by molar-refractivity contribution is 7.80. The van der Waals surface area contributed by atoms with Crippen LogP contribution in [0.15, 0.2) is 48.7 Å². The zero-order valence-electron chi connectivity index (χ0n) is 23.1. The second-order valence-corrected chi connectivity index (χ2v) is 11.5. The molecule has 0 unspecified atom stereocenters. The maximum absolute atomic E-state index is 12.3. The largest absolute Gasteiger partial charge is 0.351 e. The number of carbonyl (C=O) groups is 1. The Bertz CT molecular complexity index is 1330. The first kappa shape index (κ1) is 26.4. The molecule has 1 amide bonds. The van der Waals surface area contributed by atoms with E-state index in [1.54, 1.807) is 0 Å². The zero-order valence-corrected chi connectivity index (χ0v) is 23.9. The Labute approximate surface area is 231 Å². The second-order valence-electron chi connectivity index (χ2n) is 11.1. The highest BCUT2D eigenvalue weighted by Gasteiger charge is 2.42. The molecule has 2 aliphatic rings. The number of thiocarbonyl (C=S) groups is 1.